The van der Waals surface area contributed by atoms with Gasteiger partial charge in [-0.15, -0.1) is 0 Å². The highest BCUT2D eigenvalue weighted by molar-refractivity contribution is 7.86. The highest BCUT2D eigenvalue weighted by atomic mass is 32.2. The molecule has 0 aliphatic rings. The third-order valence-corrected chi connectivity index (χ3v) is 4.34. The fraction of sp³-hybridized carbons (Fsp3) is 0.167. The third kappa shape index (κ3) is 5.16. The van der Waals surface area contributed by atoms with Crippen molar-refractivity contribution in [2.75, 3.05) is 13.9 Å². The van der Waals surface area contributed by atoms with Crippen molar-refractivity contribution in [3.8, 4) is 5.75 Å². The molecule has 0 saturated heterocycles. The minimum Gasteiger partial charge on any atom is -0.468 e. The summed E-state index contributed by atoms with van der Waals surface area (Å²) in [7, 11) is -3.47. The summed E-state index contributed by atoms with van der Waals surface area (Å²) in [6, 6.07) is 11.1. The minimum atomic E-state index is -4.57. The topological polar surface area (TPSA) is 99.1 Å². The number of ether oxygens (including phenoxy) is 3. The quantitative estimate of drug-likeness (QED) is 0.326. The van der Waals surface area contributed by atoms with Gasteiger partial charge in [-0.25, -0.2) is 4.79 Å². The van der Waals surface area contributed by atoms with Crippen LogP contribution in [-0.4, -0.2) is 32.8 Å². The Kier molecular flexibility index (Phi) is 6.51. The number of rotatable bonds is 8. The van der Waals surface area contributed by atoms with Gasteiger partial charge in [0.25, 0.3) is 10.1 Å². The van der Waals surface area contributed by atoms with Crippen molar-refractivity contribution in [1.29, 1.82) is 0 Å². The van der Waals surface area contributed by atoms with Crippen molar-refractivity contribution in [2.45, 2.75) is 11.5 Å². The van der Waals surface area contributed by atoms with Gasteiger partial charge < -0.3 is 14.2 Å². The summed E-state index contributed by atoms with van der Waals surface area (Å²) < 4.78 is 47.1. The molecular formula is C18H18O7S. The molecule has 0 aliphatic heterocycles. The smallest absolute Gasteiger partial charge is 0.339 e. The van der Waals surface area contributed by atoms with Crippen molar-refractivity contribution in [3.63, 3.8) is 0 Å². The van der Waals surface area contributed by atoms with E-state index in [1.165, 1.54) is 6.07 Å². The summed E-state index contributed by atoms with van der Waals surface area (Å²) in [5, 5.41) is 0. The second-order valence-corrected chi connectivity index (χ2v) is 6.57. The van der Waals surface area contributed by atoms with Crippen LogP contribution in [-0.2, 0) is 26.2 Å². The molecule has 0 aliphatic carbocycles. The molecule has 2 rings (SSSR count). The van der Waals surface area contributed by atoms with Crippen LogP contribution in [0.1, 0.15) is 21.5 Å². The Hall–Kier alpha value is -2.68. The second-order valence-electron chi connectivity index (χ2n) is 5.18. The van der Waals surface area contributed by atoms with Crippen LogP contribution in [0.3, 0.4) is 0 Å². The van der Waals surface area contributed by atoms with E-state index in [0.29, 0.717) is 6.61 Å². The maximum absolute atomic E-state index is 11.7. The van der Waals surface area contributed by atoms with Crippen molar-refractivity contribution in [3.05, 3.63) is 65.7 Å². The first-order valence-corrected chi connectivity index (χ1v) is 8.91. The Morgan fingerprint density at radius 3 is 2.46 bits per heavy atom. The Labute approximate surface area is 151 Å². The van der Waals surface area contributed by atoms with Gasteiger partial charge >= 0.3 is 5.97 Å². The first-order chi connectivity index (χ1) is 12.3. The number of hydrogen-bond donors (Lipinski definition) is 1. The maximum Gasteiger partial charge on any atom is 0.339 e. The number of carbonyl (C=O) groups excluding carboxylic acids is 1. The van der Waals surface area contributed by atoms with Gasteiger partial charge in [0.1, 0.15) is 10.6 Å². The van der Waals surface area contributed by atoms with Gasteiger partial charge in [-0.05, 0) is 29.3 Å². The lowest BCUT2D eigenvalue weighted by atomic mass is 10.1. The molecule has 0 heterocycles. The van der Waals surface area contributed by atoms with E-state index in [1.54, 1.807) is 6.08 Å². The summed E-state index contributed by atoms with van der Waals surface area (Å²) in [5.41, 5.74) is 1.61. The predicted octanol–water partition coefficient (Wildman–Crippen LogP) is 2.92. The molecule has 0 atom stereocenters. The second kappa shape index (κ2) is 8.61. The van der Waals surface area contributed by atoms with Gasteiger partial charge in [0, 0.05) is 0 Å². The third-order valence-electron chi connectivity index (χ3n) is 3.43. The van der Waals surface area contributed by atoms with Crippen LogP contribution < -0.4 is 4.74 Å². The largest absolute Gasteiger partial charge is 0.468 e. The number of benzene rings is 2. The molecule has 7 nitrogen and oxygen atoms in total. The van der Waals surface area contributed by atoms with Crippen LogP contribution in [0.25, 0.3) is 6.08 Å². The van der Waals surface area contributed by atoms with E-state index in [2.05, 4.69) is 11.3 Å². The number of esters is 1. The van der Waals surface area contributed by atoms with E-state index in [9.17, 15) is 17.8 Å². The summed E-state index contributed by atoms with van der Waals surface area (Å²) in [6.45, 7) is 3.87. The van der Waals surface area contributed by atoms with Crippen LogP contribution in [0.5, 0.6) is 5.75 Å². The predicted molar refractivity (Wildman–Crippen MR) is 94.4 cm³/mol. The standard InChI is InChI=1S/C18H18O7S/c1-3-13-4-6-14(7-5-13)11-24-12-25-15-8-9-17(26(20,21)22)16(10-15)18(19)23-2/h3-10H,1,11-12H2,2H3,(H,20,21,22). The molecule has 0 saturated carbocycles. The lowest BCUT2D eigenvalue weighted by Crippen LogP contribution is -2.11. The summed E-state index contributed by atoms with van der Waals surface area (Å²) in [6.07, 6.45) is 1.74. The van der Waals surface area contributed by atoms with E-state index in [1.807, 2.05) is 24.3 Å². The zero-order valence-electron chi connectivity index (χ0n) is 14.0. The van der Waals surface area contributed by atoms with Gasteiger partial charge in [0.15, 0.2) is 6.79 Å². The minimum absolute atomic E-state index is 0.116. The first-order valence-electron chi connectivity index (χ1n) is 7.47. The Morgan fingerprint density at radius 2 is 1.88 bits per heavy atom. The Morgan fingerprint density at radius 1 is 1.19 bits per heavy atom. The molecular weight excluding hydrogens is 360 g/mol. The zero-order valence-corrected chi connectivity index (χ0v) is 14.9. The van der Waals surface area contributed by atoms with E-state index in [0.717, 1.165) is 30.4 Å². The normalized spacial score (nSPS) is 11.0. The molecule has 0 aromatic heterocycles. The van der Waals surface area contributed by atoms with E-state index in [-0.39, 0.29) is 18.1 Å². The summed E-state index contributed by atoms with van der Waals surface area (Å²) in [5.74, 6) is -0.717. The molecule has 0 amide bonds. The van der Waals surface area contributed by atoms with Crippen LogP contribution >= 0.6 is 0 Å². The molecule has 0 unspecified atom stereocenters. The molecule has 8 heteroatoms. The van der Waals surface area contributed by atoms with Gasteiger partial charge in [0.2, 0.25) is 0 Å². The molecule has 1 N–H and O–H groups in total. The molecule has 0 bridgehead atoms. The Bertz CT molecular complexity index is 886. The molecule has 0 fully saturated rings. The van der Waals surface area contributed by atoms with Crippen molar-refractivity contribution in [1.82, 2.24) is 0 Å². The van der Waals surface area contributed by atoms with Gasteiger partial charge in [-0.1, -0.05) is 36.9 Å². The fourth-order valence-corrected chi connectivity index (χ4v) is 2.77. The van der Waals surface area contributed by atoms with E-state index >= 15 is 0 Å². The highest BCUT2D eigenvalue weighted by Crippen LogP contribution is 2.23. The molecule has 138 valence electrons. The Balaban J connectivity index is 2.00. The monoisotopic (exact) mass is 378 g/mol. The van der Waals surface area contributed by atoms with Crippen molar-refractivity contribution < 1.29 is 32.0 Å². The molecule has 2 aromatic carbocycles. The maximum atomic E-state index is 11.7. The fourth-order valence-electron chi connectivity index (χ4n) is 2.11. The first kappa shape index (κ1) is 19.6. The van der Waals surface area contributed by atoms with Crippen LogP contribution in [0, 0.1) is 0 Å². The number of carbonyl (C=O) groups is 1. The average molecular weight is 378 g/mol. The van der Waals surface area contributed by atoms with E-state index < -0.39 is 21.0 Å². The summed E-state index contributed by atoms with van der Waals surface area (Å²) >= 11 is 0. The molecule has 26 heavy (non-hydrogen) atoms. The lowest BCUT2D eigenvalue weighted by molar-refractivity contribution is 0.00490. The zero-order chi connectivity index (χ0) is 19.2. The van der Waals surface area contributed by atoms with Gasteiger partial charge in [-0.2, -0.15) is 8.42 Å². The van der Waals surface area contributed by atoms with Crippen molar-refractivity contribution >= 4 is 22.2 Å². The molecule has 2 aromatic rings. The average Bonchev–Trinajstić information content (AvgIpc) is 2.64. The van der Waals surface area contributed by atoms with E-state index in [4.69, 9.17) is 9.47 Å². The molecule has 0 radical (unpaired) electrons. The molecule has 0 spiro atoms. The van der Waals surface area contributed by atoms with Crippen LogP contribution in [0.4, 0.5) is 0 Å². The lowest BCUT2D eigenvalue weighted by Gasteiger charge is -2.10. The van der Waals surface area contributed by atoms with Crippen molar-refractivity contribution in [2.24, 2.45) is 0 Å². The number of methoxy groups -OCH3 is 1. The van der Waals surface area contributed by atoms with Crippen LogP contribution in [0.2, 0.25) is 0 Å². The number of hydrogen-bond acceptors (Lipinski definition) is 6. The SMILES string of the molecule is C=Cc1ccc(COCOc2ccc(S(=O)(=O)O)c(C(=O)OC)c2)cc1. The summed E-state index contributed by atoms with van der Waals surface area (Å²) in [4.78, 5) is 11.2. The highest BCUT2D eigenvalue weighted by Gasteiger charge is 2.22. The van der Waals surface area contributed by atoms with Gasteiger partial charge in [0.05, 0.1) is 19.3 Å². The van der Waals surface area contributed by atoms with Gasteiger partial charge in [-0.3, -0.25) is 4.55 Å². The van der Waals surface area contributed by atoms with Crippen LogP contribution in [0.15, 0.2) is 53.9 Å².